The van der Waals surface area contributed by atoms with Crippen LogP contribution >= 0.6 is 0 Å². The van der Waals surface area contributed by atoms with Gasteiger partial charge in [0.1, 0.15) is 0 Å². The summed E-state index contributed by atoms with van der Waals surface area (Å²) in [4.78, 5) is 7.40. The Balaban J connectivity index is 1.77. The summed E-state index contributed by atoms with van der Waals surface area (Å²) in [5.41, 5.74) is 2.99. The zero-order valence-electron chi connectivity index (χ0n) is 16.9. The Morgan fingerprint density at radius 3 is 2.48 bits per heavy atom. The SMILES string of the molecule is CC(C)c1ccc(S(=O)(=O)c2ccc3nccc(N4CCCNCC4)c3c2)cc1. The number of sulfone groups is 1. The van der Waals surface area contributed by atoms with Crippen LogP contribution in [0.5, 0.6) is 0 Å². The number of pyridine rings is 1. The number of aromatic nitrogens is 1. The lowest BCUT2D eigenvalue weighted by Crippen LogP contribution is -2.28. The van der Waals surface area contributed by atoms with Crippen LogP contribution in [0.2, 0.25) is 0 Å². The van der Waals surface area contributed by atoms with Crippen LogP contribution in [0.1, 0.15) is 31.7 Å². The van der Waals surface area contributed by atoms with E-state index < -0.39 is 9.84 Å². The third-order valence-electron chi connectivity index (χ3n) is 5.54. The van der Waals surface area contributed by atoms with Gasteiger partial charge in [-0.25, -0.2) is 8.42 Å². The molecule has 2 aromatic carbocycles. The molecular formula is C23H27N3O2S. The van der Waals surface area contributed by atoms with Crippen molar-refractivity contribution in [3.8, 4) is 0 Å². The predicted octanol–water partition coefficient (Wildman–Crippen LogP) is 3.99. The van der Waals surface area contributed by atoms with Gasteiger partial charge in [-0.1, -0.05) is 26.0 Å². The maximum absolute atomic E-state index is 13.3. The van der Waals surface area contributed by atoms with Crippen LogP contribution in [0.3, 0.4) is 0 Å². The van der Waals surface area contributed by atoms with Gasteiger partial charge in [-0.05, 0) is 60.8 Å². The van der Waals surface area contributed by atoms with E-state index in [0.717, 1.165) is 54.8 Å². The summed E-state index contributed by atoms with van der Waals surface area (Å²) in [6, 6.07) is 14.5. The summed E-state index contributed by atoms with van der Waals surface area (Å²) in [6.45, 7) is 7.96. The molecule has 2 heterocycles. The van der Waals surface area contributed by atoms with Crippen LogP contribution in [0.15, 0.2) is 64.5 Å². The lowest BCUT2D eigenvalue weighted by Gasteiger charge is -2.24. The van der Waals surface area contributed by atoms with Crippen molar-refractivity contribution in [1.29, 1.82) is 0 Å². The fourth-order valence-corrected chi connectivity index (χ4v) is 5.10. The molecule has 1 aliphatic rings. The highest BCUT2D eigenvalue weighted by atomic mass is 32.2. The van der Waals surface area contributed by atoms with E-state index in [1.54, 1.807) is 30.5 Å². The molecule has 3 aromatic rings. The Hall–Kier alpha value is -2.44. The van der Waals surface area contributed by atoms with E-state index >= 15 is 0 Å². The molecule has 1 N–H and O–H groups in total. The average molecular weight is 410 g/mol. The third-order valence-corrected chi connectivity index (χ3v) is 7.31. The molecule has 0 aliphatic carbocycles. The van der Waals surface area contributed by atoms with Crippen LogP contribution in [-0.2, 0) is 9.84 Å². The van der Waals surface area contributed by atoms with Gasteiger partial charge in [0.25, 0.3) is 0 Å². The molecule has 1 saturated heterocycles. The van der Waals surface area contributed by atoms with Crippen molar-refractivity contribution in [3.63, 3.8) is 0 Å². The Morgan fingerprint density at radius 2 is 1.72 bits per heavy atom. The van der Waals surface area contributed by atoms with Crippen molar-refractivity contribution in [3.05, 3.63) is 60.3 Å². The Kier molecular flexibility index (Phi) is 5.56. The van der Waals surface area contributed by atoms with E-state index in [2.05, 4.69) is 29.0 Å². The highest BCUT2D eigenvalue weighted by Gasteiger charge is 2.20. The summed E-state index contributed by atoms with van der Waals surface area (Å²) in [5, 5.41) is 4.29. The van der Waals surface area contributed by atoms with Gasteiger partial charge in [0.2, 0.25) is 9.84 Å². The molecule has 6 heteroatoms. The van der Waals surface area contributed by atoms with Gasteiger partial charge in [-0.15, -0.1) is 0 Å². The second-order valence-electron chi connectivity index (χ2n) is 7.83. The zero-order chi connectivity index (χ0) is 20.4. The van der Waals surface area contributed by atoms with Crippen LogP contribution in [0.25, 0.3) is 10.9 Å². The van der Waals surface area contributed by atoms with Crippen LogP contribution in [0.4, 0.5) is 5.69 Å². The average Bonchev–Trinajstić information content (AvgIpc) is 3.02. The first-order chi connectivity index (χ1) is 14.0. The minimum Gasteiger partial charge on any atom is -0.370 e. The van der Waals surface area contributed by atoms with Crippen LogP contribution < -0.4 is 10.2 Å². The summed E-state index contributed by atoms with van der Waals surface area (Å²) in [5.74, 6) is 0.365. The molecule has 5 nitrogen and oxygen atoms in total. The molecular weight excluding hydrogens is 382 g/mol. The summed E-state index contributed by atoms with van der Waals surface area (Å²) < 4.78 is 26.5. The van der Waals surface area contributed by atoms with E-state index in [0.29, 0.717) is 15.7 Å². The van der Waals surface area contributed by atoms with Crippen molar-refractivity contribution in [2.24, 2.45) is 0 Å². The first-order valence-electron chi connectivity index (χ1n) is 10.2. The number of rotatable bonds is 4. The molecule has 0 spiro atoms. The fraction of sp³-hybridized carbons (Fsp3) is 0.348. The summed E-state index contributed by atoms with van der Waals surface area (Å²) in [6.07, 6.45) is 2.86. The molecule has 0 bridgehead atoms. The number of benzene rings is 2. The van der Waals surface area contributed by atoms with Gasteiger partial charge in [-0.2, -0.15) is 0 Å². The maximum Gasteiger partial charge on any atom is 0.206 e. The Labute approximate surface area is 172 Å². The molecule has 1 aliphatic heterocycles. The van der Waals surface area contributed by atoms with Crippen molar-refractivity contribution < 1.29 is 8.42 Å². The Morgan fingerprint density at radius 1 is 0.966 bits per heavy atom. The Bertz CT molecular complexity index is 1100. The van der Waals surface area contributed by atoms with Gasteiger partial charge in [0.15, 0.2) is 0 Å². The largest absolute Gasteiger partial charge is 0.370 e. The van der Waals surface area contributed by atoms with Crippen molar-refractivity contribution in [2.75, 3.05) is 31.1 Å². The lowest BCUT2D eigenvalue weighted by molar-refractivity contribution is 0.596. The smallest absolute Gasteiger partial charge is 0.206 e. The third kappa shape index (κ3) is 4.00. The number of hydrogen-bond acceptors (Lipinski definition) is 5. The van der Waals surface area contributed by atoms with Crippen molar-refractivity contribution in [2.45, 2.75) is 36.0 Å². The first-order valence-corrected chi connectivity index (χ1v) is 11.6. The van der Waals surface area contributed by atoms with E-state index in [-0.39, 0.29) is 0 Å². The van der Waals surface area contributed by atoms with Crippen LogP contribution in [-0.4, -0.2) is 39.6 Å². The zero-order valence-corrected chi connectivity index (χ0v) is 17.7. The quantitative estimate of drug-likeness (QED) is 0.706. The van der Waals surface area contributed by atoms with Gasteiger partial charge < -0.3 is 10.2 Å². The molecule has 152 valence electrons. The molecule has 0 unspecified atom stereocenters. The lowest BCUT2D eigenvalue weighted by atomic mass is 10.0. The minimum absolute atomic E-state index is 0.310. The topological polar surface area (TPSA) is 62.3 Å². The van der Waals surface area contributed by atoms with E-state index in [9.17, 15) is 8.42 Å². The monoisotopic (exact) mass is 409 g/mol. The normalized spacial score (nSPS) is 15.6. The summed E-state index contributed by atoms with van der Waals surface area (Å²) >= 11 is 0. The van der Waals surface area contributed by atoms with Gasteiger partial charge in [0.05, 0.1) is 15.3 Å². The molecule has 0 radical (unpaired) electrons. The van der Waals surface area contributed by atoms with E-state index in [4.69, 9.17) is 0 Å². The highest BCUT2D eigenvalue weighted by molar-refractivity contribution is 7.91. The van der Waals surface area contributed by atoms with Crippen LogP contribution in [0, 0.1) is 0 Å². The first kappa shape index (κ1) is 19.9. The second-order valence-corrected chi connectivity index (χ2v) is 9.78. The molecule has 1 aromatic heterocycles. The van der Waals surface area contributed by atoms with Gasteiger partial charge in [0, 0.05) is 36.9 Å². The number of nitrogens with zero attached hydrogens (tertiary/aromatic N) is 2. The summed E-state index contributed by atoms with van der Waals surface area (Å²) in [7, 11) is -3.59. The predicted molar refractivity (Wildman–Crippen MR) is 117 cm³/mol. The van der Waals surface area contributed by atoms with Crippen molar-refractivity contribution in [1.82, 2.24) is 10.3 Å². The molecule has 4 rings (SSSR count). The molecule has 1 fully saturated rings. The fourth-order valence-electron chi connectivity index (χ4n) is 3.81. The number of anilines is 1. The second kappa shape index (κ2) is 8.13. The van der Waals surface area contributed by atoms with E-state index in [1.165, 1.54) is 0 Å². The minimum atomic E-state index is -3.59. The number of hydrogen-bond donors (Lipinski definition) is 1. The van der Waals surface area contributed by atoms with Gasteiger partial charge >= 0.3 is 0 Å². The highest BCUT2D eigenvalue weighted by Crippen LogP contribution is 2.30. The molecule has 0 atom stereocenters. The molecule has 0 saturated carbocycles. The molecule has 0 amide bonds. The van der Waals surface area contributed by atoms with Gasteiger partial charge in [-0.3, -0.25) is 4.98 Å². The molecule has 29 heavy (non-hydrogen) atoms. The standard InChI is InChI=1S/C23H27N3O2S/c1-17(2)18-4-6-19(7-5-18)29(27,28)20-8-9-22-21(16-20)23(10-12-25-22)26-14-3-11-24-13-15-26/h4-10,12,16-17,24H,3,11,13-15H2,1-2H3. The number of nitrogens with one attached hydrogen (secondary N) is 1. The van der Waals surface area contributed by atoms with Crippen molar-refractivity contribution >= 4 is 26.4 Å². The van der Waals surface area contributed by atoms with E-state index in [1.807, 2.05) is 24.3 Å². The number of fused-ring (bicyclic) bond motifs is 1. The maximum atomic E-state index is 13.3.